The van der Waals surface area contributed by atoms with Crippen LogP contribution < -0.4 is 16.2 Å². The van der Waals surface area contributed by atoms with Gasteiger partial charge in [-0.3, -0.25) is 19.7 Å². The van der Waals surface area contributed by atoms with E-state index >= 15 is 0 Å². The van der Waals surface area contributed by atoms with Gasteiger partial charge >= 0.3 is 0 Å². The zero-order valence-corrected chi connectivity index (χ0v) is 12.4. The van der Waals surface area contributed by atoms with Crippen LogP contribution in [0, 0.1) is 0 Å². The molecule has 3 N–H and O–H groups in total. The normalized spacial score (nSPS) is 10.0. The Labute approximate surface area is 130 Å². The molecule has 0 radical (unpaired) electrons. The number of carbonyl (C=O) groups excluding carboxylic acids is 2. The predicted molar refractivity (Wildman–Crippen MR) is 84.0 cm³/mol. The van der Waals surface area contributed by atoms with E-state index in [0.29, 0.717) is 22.9 Å². The monoisotopic (exact) mass is 318 g/mol. The van der Waals surface area contributed by atoms with Gasteiger partial charge in [-0.15, -0.1) is 17.9 Å². The van der Waals surface area contributed by atoms with Crippen LogP contribution >= 0.6 is 11.3 Å². The Kier molecular flexibility index (Phi) is 5.21. The van der Waals surface area contributed by atoms with Crippen molar-refractivity contribution < 1.29 is 9.59 Å². The number of H-pyrrole nitrogens is 1. The van der Waals surface area contributed by atoms with E-state index in [1.54, 1.807) is 11.5 Å². The van der Waals surface area contributed by atoms with Crippen LogP contribution in [0.2, 0.25) is 0 Å². The van der Waals surface area contributed by atoms with Crippen molar-refractivity contribution in [2.45, 2.75) is 6.42 Å². The summed E-state index contributed by atoms with van der Waals surface area (Å²) >= 11 is 1.23. The third kappa shape index (κ3) is 4.38. The molecule has 0 aliphatic heterocycles. The van der Waals surface area contributed by atoms with E-state index in [0.717, 1.165) is 0 Å². The van der Waals surface area contributed by atoms with Gasteiger partial charge in [0.2, 0.25) is 11.5 Å². The van der Waals surface area contributed by atoms with Crippen molar-refractivity contribution in [3.05, 3.63) is 58.0 Å². The highest BCUT2D eigenvalue weighted by Crippen LogP contribution is 2.16. The fourth-order valence-corrected chi connectivity index (χ4v) is 2.28. The summed E-state index contributed by atoms with van der Waals surface area (Å²) < 4.78 is 0. The quantitative estimate of drug-likeness (QED) is 0.689. The second kappa shape index (κ2) is 7.32. The highest BCUT2D eigenvalue weighted by molar-refractivity contribution is 7.14. The van der Waals surface area contributed by atoms with Crippen molar-refractivity contribution in [2.24, 2.45) is 0 Å². The van der Waals surface area contributed by atoms with Crippen LogP contribution in [0.25, 0.3) is 0 Å². The first-order chi connectivity index (χ1) is 10.6. The molecule has 0 fully saturated rings. The molecule has 7 nitrogen and oxygen atoms in total. The first-order valence-corrected chi connectivity index (χ1v) is 7.28. The number of pyridine rings is 1. The first kappa shape index (κ1) is 15.6. The van der Waals surface area contributed by atoms with Gasteiger partial charge < -0.3 is 10.3 Å². The molecule has 2 heterocycles. The molecule has 0 aliphatic carbocycles. The molecule has 0 saturated carbocycles. The molecule has 114 valence electrons. The van der Waals surface area contributed by atoms with E-state index in [1.165, 1.54) is 29.7 Å². The van der Waals surface area contributed by atoms with Crippen molar-refractivity contribution in [1.82, 2.24) is 15.3 Å². The third-order valence-corrected chi connectivity index (χ3v) is 3.41. The van der Waals surface area contributed by atoms with Gasteiger partial charge in [-0.1, -0.05) is 6.08 Å². The average molecular weight is 318 g/mol. The molecule has 2 rings (SSSR count). The molecular weight excluding hydrogens is 304 g/mol. The smallest absolute Gasteiger partial charge is 0.258 e. The van der Waals surface area contributed by atoms with Crippen molar-refractivity contribution in [3.63, 3.8) is 0 Å². The van der Waals surface area contributed by atoms with E-state index in [9.17, 15) is 14.4 Å². The summed E-state index contributed by atoms with van der Waals surface area (Å²) in [6.45, 7) is 3.91. The lowest BCUT2D eigenvalue weighted by atomic mass is 10.3. The fourth-order valence-electron chi connectivity index (χ4n) is 1.58. The Morgan fingerprint density at radius 1 is 1.41 bits per heavy atom. The molecule has 0 atom stereocenters. The van der Waals surface area contributed by atoms with Crippen molar-refractivity contribution in [1.29, 1.82) is 0 Å². The fraction of sp³-hybridized carbons (Fsp3) is 0.143. The Balaban J connectivity index is 1.95. The lowest BCUT2D eigenvalue weighted by Crippen LogP contribution is -2.25. The molecule has 0 bridgehead atoms. The number of anilines is 1. The van der Waals surface area contributed by atoms with Crippen LogP contribution in [0.5, 0.6) is 0 Å². The summed E-state index contributed by atoms with van der Waals surface area (Å²) in [6, 6.07) is 2.69. The molecular formula is C14H14N4O3S. The van der Waals surface area contributed by atoms with Crippen LogP contribution in [0.1, 0.15) is 16.1 Å². The van der Waals surface area contributed by atoms with Gasteiger partial charge in [0.25, 0.3) is 5.91 Å². The minimum absolute atomic E-state index is 0.138. The number of aromatic amines is 1. The summed E-state index contributed by atoms with van der Waals surface area (Å²) in [7, 11) is 0. The molecule has 0 unspecified atom stereocenters. The van der Waals surface area contributed by atoms with E-state index in [4.69, 9.17) is 0 Å². The van der Waals surface area contributed by atoms with E-state index < -0.39 is 0 Å². The van der Waals surface area contributed by atoms with Crippen molar-refractivity contribution >= 4 is 28.3 Å². The van der Waals surface area contributed by atoms with Gasteiger partial charge in [0.15, 0.2) is 5.13 Å². The molecule has 0 aromatic carbocycles. The van der Waals surface area contributed by atoms with Crippen molar-refractivity contribution in [3.8, 4) is 0 Å². The highest BCUT2D eigenvalue weighted by Gasteiger charge is 2.11. The second-order valence-electron chi connectivity index (χ2n) is 4.31. The Bertz CT molecular complexity index is 730. The van der Waals surface area contributed by atoms with Crippen LogP contribution in [0.15, 0.2) is 41.2 Å². The number of amides is 2. The summed E-state index contributed by atoms with van der Waals surface area (Å²) in [6.07, 6.45) is 3.06. The molecule has 2 aromatic heterocycles. The van der Waals surface area contributed by atoms with E-state index in [2.05, 4.69) is 27.2 Å². The summed E-state index contributed by atoms with van der Waals surface area (Å²) in [4.78, 5) is 41.0. The van der Waals surface area contributed by atoms with Gasteiger partial charge in [-0.2, -0.15) is 0 Å². The SMILES string of the molecule is C=CCNC(=O)Cc1csc(NC(=O)c2ccc(=O)[nH]c2)n1. The van der Waals surface area contributed by atoms with Gasteiger partial charge in [0.05, 0.1) is 17.7 Å². The van der Waals surface area contributed by atoms with Crippen LogP contribution in [-0.2, 0) is 11.2 Å². The van der Waals surface area contributed by atoms with Crippen LogP contribution in [-0.4, -0.2) is 28.3 Å². The van der Waals surface area contributed by atoms with Gasteiger partial charge in [0.1, 0.15) is 0 Å². The molecule has 8 heteroatoms. The number of nitrogens with zero attached hydrogens (tertiary/aromatic N) is 1. The number of hydrogen-bond acceptors (Lipinski definition) is 5. The van der Waals surface area contributed by atoms with Crippen LogP contribution in [0.4, 0.5) is 5.13 Å². The first-order valence-electron chi connectivity index (χ1n) is 6.40. The van der Waals surface area contributed by atoms with Gasteiger partial charge in [-0.05, 0) is 6.07 Å². The highest BCUT2D eigenvalue weighted by atomic mass is 32.1. The van der Waals surface area contributed by atoms with E-state index in [-0.39, 0.29) is 23.8 Å². The minimum atomic E-state index is -0.381. The summed E-state index contributed by atoms with van der Waals surface area (Å²) in [5.74, 6) is -0.544. The molecule has 22 heavy (non-hydrogen) atoms. The second-order valence-corrected chi connectivity index (χ2v) is 5.17. The molecule has 0 aliphatic rings. The molecule has 0 spiro atoms. The molecule has 2 aromatic rings. The maximum Gasteiger partial charge on any atom is 0.258 e. The standard InChI is InChI=1S/C14H14N4O3S/c1-2-5-15-12(20)6-10-8-22-14(17-10)18-13(21)9-3-4-11(19)16-7-9/h2-4,7-8H,1,5-6H2,(H,15,20)(H,16,19)(H,17,18,21). The maximum atomic E-state index is 11.9. The number of rotatable bonds is 6. The van der Waals surface area contributed by atoms with Gasteiger partial charge in [-0.25, -0.2) is 4.98 Å². The number of aromatic nitrogens is 2. The zero-order chi connectivity index (χ0) is 15.9. The lowest BCUT2D eigenvalue weighted by molar-refractivity contribution is -0.120. The largest absolute Gasteiger partial charge is 0.352 e. The molecule has 0 saturated heterocycles. The Morgan fingerprint density at radius 3 is 2.91 bits per heavy atom. The minimum Gasteiger partial charge on any atom is -0.352 e. The third-order valence-electron chi connectivity index (χ3n) is 2.60. The van der Waals surface area contributed by atoms with E-state index in [1.807, 2.05) is 0 Å². The van der Waals surface area contributed by atoms with Crippen LogP contribution in [0.3, 0.4) is 0 Å². The summed E-state index contributed by atoms with van der Waals surface area (Å²) in [5.41, 5.74) is 0.613. The number of thiazole rings is 1. The summed E-state index contributed by atoms with van der Waals surface area (Å²) in [5, 5.41) is 7.36. The number of hydrogen-bond donors (Lipinski definition) is 3. The van der Waals surface area contributed by atoms with Gasteiger partial charge in [0, 0.05) is 24.2 Å². The number of nitrogens with one attached hydrogen (secondary N) is 3. The maximum absolute atomic E-state index is 11.9. The lowest BCUT2D eigenvalue weighted by Gasteiger charge is -2.01. The number of carbonyl (C=O) groups is 2. The molecule has 2 amide bonds. The Hall–Kier alpha value is -2.74. The Morgan fingerprint density at radius 2 is 2.23 bits per heavy atom. The van der Waals surface area contributed by atoms with Crippen molar-refractivity contribution in [2.75, 3.05) is 11.9 Å². The topological polar surface area (TPSA) is 104 Å². The predicted octanol–water partition coefficient (Wildman–Crippen LogP) is 0.928. The zero-order valence-electron chi connectivity index (χ0n) is 11.6. The average Bonchev–Trinajstić information content (AvgIpc) is 2.92.